The van der Waals surface area contributed by atoms with Crippen LogP contribution in [0.2, 0.25) is 0 Å². The summed E-state index contributed by atoms with van der Waals surface area (Å²) in [6.45, 7) is 3.02. The topological polar surface area (TPSA) is 51.2 Å². The zero-order valence-corrected chi connectivity index (χ0v) is 14.0. The fourth-order valence-corrected chi connectivity index (χ4v) is 3.07. The summed E-state index contributed by atoms with van der Waals surface area (Å²) in [7, 11) is 0. The molecule has 0 unspecified atom stereocenters. The fraction of sp³-hybridized carbons (Fsp3) is 0.143. The lowest BCUT2D eigenvalue weighted by molar-refractivity contribution is 0.0950. The molecule has 0 saturated carbocycles. The third-order valence-electron chi connectivity index (χ3n) is 4.36. The molecule has 4 heteroatoms. The lowest BCUT2D eigenvalue weighted by Crippen LogP contribution is -2.23. The van der Waals surface area contributed by atoms with E-state index in [0.717, 1.165) is 28.0 Å². The summed E-state index contributed by atoms with van der Waals surface area (Å²) in [6.07, 6.45) is 3.59. The fourth-order valence-electron chi connectivity index (χ4n) is 3.07. The minimum Gasteiger partial charge on any atom is -0.488 e. The molecular weight excluding hydrogens is 312 g/mol. The summed E-state index contributed by atoms with van der Waals surface area (Å²) in [5.74, 6) is 0.635. The van der Waals surface area contributed by atoms with Crippen LogP contribution in [0.4, 0.5) is 0 Å². The number of rotatable bonds is 3. The molecule has 2 heterocycles. The van der Waals surface area contributed by atoms with Crippen molar-refractivity contribution in [3.63, 3.8) is 0 Å². The number of pyridine rings is 1. The number of carbonyl (C=O) groups excluding carboxylic acids is 1. The van der Waals surface area contributed by atoms with Gasteiger partial charge >= 0.3 is 0 Å². The Morgan fingerprint density at radius 3 is 2.96 bits per heavy atom. The molecule has 1 N–H and O–H groups in total. The highest BCUT2D eigenvalue weighted by Gasteiger charge is 2.18. The molecule has 0 fully saturated rings. The van der Waals surface area contributed by atoms with E-state index >= 15 is 0 Å². The van der Waals surface area contributed by atoms with Gasteiger partial charge in [-0.3, -0.25) is 9.78 Å². The predicted octanol–water partition coefficient (Wildman–Crippen LogP) is 3.88. The minimum atomic E-state index is -0.103. The van der Waals surface area contributed by atoms with Crippen LogP contribution < -0.4 is 10.1 Å². The van der Waals surface area contributed by atoms with Gasteiger partial charge in [-0.05, 0) is 42.3 Å². The van der Waals surface area contributed by atoms with Crippen molar-refractivity contribution < 1.29 is 9.53 Å². The van der Waals surface area contributed by atoms with E-state index in [1.807, 2.05) is 55.6 Å². The number of aryl methyl sites for hydroxylation is 1. The molecule has 0 spiro atoms. The molecule has 0 bridgehead atoms. The zero-order valence-electron chi connectivity index (χ0n) is 14.0. The van der Waals surface area contributed by atoms with E-state index in [0.29, 0.717) is 18.7 Å². The lowest BCUT2D eigenvalue weighted by atomic mass is 9.97. The highest BCUT2D eigenvalue weighted by atomic mass is 16.5. The van der Waals surface area contributed by atoms with Gasteiger partial charge in [0.1, 0.15) is 12.4 Å². The van der Waals surface area contributed by atoms with Gasteiger partial charge in [-0.25, -0.2) is 0 Å². The third kappa shape index (κ3) is 3.11. The maximum absolute atomic E-state index is 12.5. The standard InChI is InChI=1S/C21H18N2O2/c1-14-3-2-4-15(9-14)11-23-21(24)16-5-6-19-18-7-8-22-12-17(18)13-25-20(19)10-16/h2-10,12H,11,13H2,1H3,(H,23,24). The largest absolute Gasteiger partial charge is 0.488 e. The van der Waals surface area contributed by atoms with Gasteiger partial charge in [-0.15, -0.1) is 0 Å². The summed E-state index contributed by atoms with van der Waals surface area (Å²) >= 11 is 0. The molecule has 25 heavy (non-hydrogen) atoms. The molecule has 3 aromatic rings. The van der Waals surface area contributed by atoms with Crippen LogP contribution in [0.15, 0.2) is 60.9 Å². The third-order valence-corrected chi connectivity index (χ3v) is 4.36. The van der Waals surface area contributed by atoms with Crippen LogP contribution in [0.5, 0.6) is 5.75 Å². The number of aromatic nitrogens is 1. The van der Waals surface area contributed by atoms with Gasteiger partial charge in [0, 0.05) is 35.6 Å². The average Bonchev–Trinajstić information content (AvgIpc) is 2.65. The van der Waals surface area contributed by atoms with Gasteiger partial charge in [-0.2, -0.15) is 0 Å². The number of hydrogen-bond donors (Lipinski definition) is 1. The first-order chi connectivity index (χ1) is 12.2. The molecule has 2 aromatic carbocycles. The molecule has 1 aliphatic rings. The first-order valence-corrected chi connectivity index (χ1v) is 8.24. The van der Waals surface area contributed by atoms with Gasteiger partial charge in [0.25, 0.3) is 5.91 Å². The van der Waals surface area contributed by atoms with E-state index in [9.17, 15) is 4.79 Å². The highest BCUT2D eigenvalue weighted by molar-refractivity contribution is 5.95. The number of fused-ring (bicyclic) bond motifs is 3. The second kappa shape index (κ2) is 6.40. The van der Waals surface area contributed by atoms with Crippen molar-refractivity contribution >= 4 is 5.91 Å². The maximum Gasteiger partial charge on any atom is 0.251 e. The van der Waals surface area contributed by atoms with Crippen molar-refractivity contribution in [2.75, 3.05) is 0 Å². The monoisotopic (exact) mass is 330 g/mol. The Kier molecular flexibility index (Phi) is 3.94. The van der Waals surface area contributed by atoms with Crippen LogP contribution in [0.1, 0.15) is 27.0 Å². The van der Waals surface area contributed by atoms with Crippen LogP contribution in [-0.4, -0.2) is 10.9 Å². The Morgan fingerprint density at radius 1 is 1.16 bits per heavy atom. The number of carbonyl (C=O) groups is 1. The van der Waals surface area contributed by atoms with E-state index in [-0.39, 0.29) is 5.91 Å². The van der Waals surface area contributed by atoms with E-state index in [1.165, 1.54) is 5.56 Å². The van der Waals surface area contributed by atoms with Crippen LogP contribution in [0.25, 0.3) is 11.1 Å². The molecule has 0 radical (unpaired) electrons. The molecule has 0 aliphatic carbocycles. The Bertz CT molecular complexity index is 950. The Hall–Kier alpha value is -3.14. The molecule has 1 aromatic heterocycles. The normalized spacial score (nSPS) is 11.9. The molecule has 0 atom stereocenters. The average molecular weight is 330 g/mol. The molecule has 0 saturated heterocycles. The Labute approximate surface area is 146 Å². The van der Waals surface area contributed by atoms with E-state index < -0.39 is 0 Å². The molecule has 1 amide bonds. The number of nitrogens with one attached hydrogen (secondary N) is 1. The SMILES string of the molecule is Cc1cccc(CNC(=O)c2ccc3c(c2)OCc2cnccc2-3)c1. The highest BCUT2D eigenvalue weighted by Crippen LogP contribution is 2.37. The summed E-state index contributed by atoms with van der Waals surface area (Å²) in [6, 6.07) is 15.7. The minimum absolute atomic E-state index is 0.103. The lowest BCUT2D eigenvalue weighted by Gasteiger charge is -2.20. The van der Waals surface area contributed by atoms with E-state index in [2.05, 4.69) is 16.4 Å². The first kappa shape index (κ1) is 15.4. The summed E-state index contributed by atoms with van der Waals surface area (Å²) in [4.78, 5) is 16.6. The van der Waals surface area contributed by atoms with Crippen molar-refractivity contribution in [2.24, 2.45) is 0 Å². The Balaban J connectivity index is 1.53. The van der Waals surface area contributed by atoms with Crippen LogP contribution in [0.3, 0.4) is 0 Å². The number of hydrogen-bond acceptors (Lipinski definition) is 3. The number of benzene rings is 2. The number of nitrogens with zero attached hydrogens (tertiary/aromatic N) is 1. The summed E-state index contributed by atoms with van der Waals surface area (Å²) < 4.78 is 5.80. The van der Waals surface area contributed by atoms with Gasteiger partial charge < -0.3 is 10.1 Å². The maximum atomic E-state index is 12.5. The van der Waals surface area contributed by atoms with Gasteiger partial charge in [0.15, 0.2) is 0 Å². The molecule has 124 valence electrons. The second-order valence-corrected chi connectivity index (χ2v) is 6.20. The van der Waals surface area contributed by atoms with Crippen molar-refractivity contribution in [1.82, 2.24) is 10.3 Å². The molecule has 4 rings (SSSR count). The summed E-state index contributed by atoms with van der Waals surface area (Å²) in [5.41, 5.74) is 6.04. The van der Waals surface area contributed by atoms with Gasteiger partial charge in [0.05, 0.1) is 0 Å². The van der Waals surface area contributed by atoms with Crippen LogP contribution in [0, 0.1) is 6.92 Å². The zero-order chi connectivity index (χ0) is 17.2. The number of ether oxygens (including phenoxy) is 1. The predicted molar refractivity (Wildman–Crippen MR) is 96.4 cm³/mol. The van der Waals surface area contributed by atoms with Crippen molar-refractivity contribution in [3.8, 4) is 16.9 Å². The van der Waals surface area contributed by atoms with Crippen molar-refractivity contribution in [2.45, 2.75) is 20.1 Å². The molecule has 4 nitrogen and oxygen atoms in total. The molecule has 1 aliphatic heterocycles. The summed E-state index contributed by atoms with van der Waals surface area (Å²) in [5, 5.41) is 2.96. The van der Waals surface area contributed by atoms with E-state index in [4.69, 9.17) is 4.74 Å². The van der Waals surface area contributed by atoms with Gasteiger partial charge in [-0.1, -0.05) is 29.8 Å². The van der Waals surface area contributed by atoms with Crippen LogP contribution >= 0.6 is 0 Å². The van der Waals surface area contributed by atoms with Crippen LogP contribution in [-0.2, 0) is 13.2 Å². The van der Waals surface area contributed by atoms with Gasteiger partial charge in [0.2, 0.25) is 0 Å². The molecular formula is C21H18N2O2. The smallest absolute Gasteiger partial charge is 0.251 e. The number of amides is 1. The Morgan fingerprint density at radius 2 is 2.08 bits per heavy atom. The van der Waals surface area contributed by atoms with E-state index in [1.54, 1.807) is 6.20 Å². The van der Waals surface area contributed by atoms with Crippen molar-refractivity contribution in [3.05, 3.63) is 83.2 Å². The quantitative estimate of drug-likeness (QED) is 0.793. The first-order valence-electron chi connectivity index (χ1n) is 8.24. The second-order valence-electron chi connectivity index (χ2n) is 6.20. The van der Waals surface area contributed by atoms with Crippen molar-refractivity contribution in [1.29, 1.82) is 0 Å².